The second kappa shape index (κ2) is 7.19. The zero-order valence-electron chi connectivity index (χ0n) is 12.5. The minimum atomic E-state index is -0.220. The summed E-state index contributed by atoms with van der Waals surface area (Å²) in [4.78, 5) is 0. The van der Waals surface area contributed by atoms with Crippen LogP contribution in [-0.4, -0.2) is 5.54 Å². The molecule has 3 heteroatoms. The Kier molecular flexibility index (Phi) is 5.54. The highest BCUT2D eigenvalue weighted by molar-refractivity contribution is 9.10. The van der Waals surface area contributed by atoms with Crippen LogP contribution in [0.5, 0.6) is 0 Å². The molecule has 0 amide bonds. The summed E-state index contributed by atoms with van der Waals surface area (Å²) >= 11 is 3.23. The Hall–Kier alpha value is -1.19. The van der Waals surface area contributed by atoms with Gasteiger partial charge in [0.2, 0.25) is 0 Å². The van der Waals surface area contributed by atoms with Gasteiger partial charge in [-0.1, -0.05) is 36.4 Å². The van der Waals surface area contributed by atoms with Crippen LogP contribution in [0, 0.1) is 5.82 Å². The Balaban J connectivity index is 1.87. The maximum absolute atomic E-state index is 13.2. The van der Waals surface area contributed by atoms with E-state index in [1.165, 1.54) is 11.6 Å². The predicted molar refractivity (Wildman–Crippen MR) is 89.8 cm³/mol. The lowest BCUT2D eigenvalue weighted by atomic mass is 9.95. The molecule has 0 saturated heterocycles. The summed E-state index contributed by atoms with van der Waals surface area (Å²) in [6, 6.07) is 15.7. The summed E-state index contributed by atoms with van der Waals surface area (Å²) in [5.74, 6) is -0.220. The summed E-state index contributed by atoms with van der Waals surface area (Å²) in [5.41, 5.74) is 2.48. The number of halogens is 2. The van der Waals surface area contributed by atoms with Crippen LogP contribution in [0.2, 0.25) is 0 Å². The minimum absolute atomic E-state index is 0.0384. The Morgan fingerprint density at radius 1 is 1.05 bits per heavy atom. The number of rotatable bonds is 6. The highest BCUT2D eigenvalue weighted by Gasteiger charge is 2.16. The zero-order chi connectivity index (χ0) is 15.3. The molecule has 21 heavy (non-hydrogen) atoms. The van der Waals surface area contributed by atoms with Gasteiger partial charge in [0.05, 0.1) is 4.47 Å². The molecule has 2 aromatic rings. The van der Waals surface area contributed by atoms with Crippen molar-refractivity contribution in [2.24, 2.45) is 0 Å². The molecule has 112 valence electrons. The average Bonchev–Trinajstić information content (AvgIpc) is 2.48. The van der Waals surface area contributed by atoms with Gasteiger partial charge in [-0.15, -0.1) is 0 Å². The first-order valence-electron chi connectivity index (χ1n) is 7.19. The number of aryl methyl sites for hydroxylation is 1. The van der Waals surface area contributed by atoms with E-state index in [1.807, 2.05) is 18.2 Å². The quantitative estimate of drug-likeness (QED) is 0.765. The molecule has 0 spiro atoms. The van der Waals surface area contributed by atoms with Gasteiger partial charge in [-0.05, 0) is 65.9 Å². The highest BCUT2D eigenvalue weighted by atomic mass is 79.9. The average molecular weight is 350 g/mol. The van der Waals surface area contributed by atoms with Crippen LogP contribution in [0.3, 0.4) is 0 Å². The van der Waals surface area contributed by atoms with Crippen LogP contribution in [0.25, 0.3) is 0 Å². The van der Waals surface area contributed by atoms with Gasteiger partial charge in [0.15, 0.2) is 0 Å². The van der Waals surface area contributed by atoms with E-state index in [-0.39, 0.29) is 11.4 Å². The molecule has 0 aliphatic carbocycles. The molecule has 2 rings (SSSR count). The first-order valence-corrected chi connectivity index (χ1v) is 7.98. The Morgan fingerprint density at radius 3 is 2.43 bits per heavy atom. The number of hydrogen-bond donors (Lipinski definition) is 1. The standard InChI is InChI=1S/C18H21BrFN/c1-18(2,11-10-14-6-4-3-5-7-14)21-13-15-8-9-17(20)16(19)12-15/h3-9,12,21H,10-11,13H2,1-2H3. The molecular formula is C18H21BrFN. The van der Waals surface area contributed by atoms with E-state index in [4.69, 9.17) is 0 Å². The van der Waals surface area contributed by atoms with Gasteiger partial charge in [0.1, 0.15) is 5.82 Å². The van der Waals surface area contributed by atoms with Gasteiger partial charge in [0.25, 0.3) is 0 Å². The molecule has 2 aromatic carbocycles. The van der Waals surface area contributed by atoms with Crippen molar-refractivity contribution < 1.29 is 4.39 Å². The molecule has 0 unspecified atom stereocenters. The Morgan fingerprint density at radius 2 is 1.76 bits per heavy atom. The molecule has 0 saturated carbocycles. The molecule has 0 atom stereocenters. The van der Waals surface area contributed by atoms with E-state index < -0.39 is 0 Å². The van der Waals surface area contributed by atoms with Crippen molar-refractivity contribution in [3.8, 4) is 0 Å². The largest absolute Gasteiger partial charge is 0.308 e. The third-order valence-electron chi connectivity index (χ3n) is 3.64. The summed E-state index contributed by atoms with van der Waals surface area (Å²) in [7, 11) is 0. The molecule has 0 heterocycles. The highest BCUT2D eigenvalue weighted by Crippen LogP contribution is 2.18. The summed E-state index contributed by atoms with van der Waals surface area (Å²) in [6.45, 7) is 5.14. The van der Waals surface area contributed by atoms with Crippen molar-refractivity contribution in [3.05, 3.63) is 69.9 Å². The fourth-order valence-electron chi connectivity index (χ4n) is 2.18. The fraction of sp³-hybridized carbons (Fsp3) is 0.333. The van der Waals surface area contributed by atoms with Crippen LogP contribution in [0.1, 0.15) is 31.4 Å². The molecule has 0 fully saturated rings. The molecule has 0 radical (unpaired) electrons. The van der Waals surface area contributed by atoms with Crippen molar-refractivity contribution in [1.29, 1.82) is 0 Å². The fourth-order valence-corrected chi connectivity index (χ4v) is 2.61. The number of nitrogens with one attached hydrogen (secondary N) is 1. The summed E-state index contributed by atoms with van der Waals surface area (Å²) in [5, 5.41) is 3.55. The minimum Gasteiger partial charge on any atom is -0.308 e. The van der Waals surface area contributed by atoms with Gasteiger partial charge in [-0.3, -0.25) is 0 Å². The zero-order valence-corrected chi connectivity index (χ0v) is 14.1. The van der Waals surface area contributed by atoms with Crippen molar-refractivity contribution >= 4 is 15.9 Å². The molecule has 1 N–H and O–H groups in total. The normalized spacial score (nSPS) is 11.6. The van der Waals surface area contributed by atoms with Crippen LogP contribution < -0.4 is 5.32 Å². The third kappa shape index (κ3) is 5.25. The van der Waals surface area contributed by atoms with Crippen molar-refractivity contribution in [2.75, 3.05) is 0 Å². The van der Waals surface area contributed by atoms with E-state index in [0.29, 0.717) is 4.47 Å². The summed E-state index contributed by atoms with van der Waals surface area (Å²) < 4.78 is 13.7. The van der Waals surface area contributed by atoms with Crippen LogP contribution in [0.4, 0.5) is 4.39 Å². The van der Waals surface area contributed by atoms with Crippen LogP contribution in [-0.2, 0) is 13.0 Å². The molecular weight excluding hydrogens is 329 g/mol. The number of hydrogen-bond acceptors (Lipinski definition) is 1. The third-order valence-corrected chi connectivity index (χ3v) is 4.24. The van der Waals surface area contributed by atoms with Crippen molar-refractivity contribution in [1.82, 2.24) is 5.32 Å². The monoisotopic (exact) mass is 349 g/mol. The first-order chi connectivity index (χ1) is 9.96. The molecule has 0 aromatic heterocycles. The van der Waals surface area contributed by atoms with E-state index >= 15 is 0 Å². The van der Waals surface area contributed by atoms with Crippen LogP contribution >= 0.6 is 15.9 Å². The van der Waals surface area contributed by atoms with E-state index in [2.05, 4.69) is 59.4 Å². The van der Waals surface area contributed by atoms with Gasteiger partial charge < -0.3 is 5.32 Å². The first kappa shape index (κ1) is 16.2. The van der Waals surface area contributed by atoms with Gasteiger partial charge in [-0.2, -0.15) is 0 Å². The maximum atomic E-state index is 13.2. The predicted octanol–water partition coefficient (Wildman–Crippen LogP) is 5.09. The lowest BCUT2D eigenvalue weighted by molar-refractivity contribution is 0.360. The topological polar surface area (TPSA) is 12.0 Å². The number of benzene rings is 2. The van der Waals surface area contributed by atoms with Crippen molar-refractivity contribution in [3.63, 3.8) is 0 Å². The lowest BCUT2D eigenvalue weighted by Gasteiger charge is -2.26. The Labute approximate surface area is 134 Å². The van der Waals surface area contributed by atoms with Gasteiger partial charge in [0, 0.05) is 12.1 Å². The SMILES string of the molecule is CC(C)(CCc1ccccc1)NCc1ccc(F)c(Br)c1. The smallest absolute Gasteiger partial charge is 0.137 e. The second-order valence-corrected chi connectivity index (χ2v) is 6.83. The van der Waals surface area contributed by atoms with E-state index in [0.717, 1.165) is 24.9 Å². The van der Waals surface area contributed by atoms with Gasteiger partial charge in [-0.25, -0.2) is 4.39 Å². The van der Waals surface area contributed by atoms with Crippen molar-refractivity contribution in [2.45, 2.75) is 38.8 Å². The molecule has 1 nitrogen and oxygen atoms in total. The Bertz CT molecular complexity index is 581. The summed E-state index contributed by atoms with van der Waals surface area (Å²) in [6.07, 6.45) is 2.10. The van der Waals surface area contributed by atoms with E-state index in [9.17, 15) is 4.39 Å². The van der Waals surface area contributed by atoms with Gasteiger partial charge >= 0.3 is 0 Å². The molecule has 0 aliphatic rings. The van der Waals surface area contributed by atoms with E-state index in [1.54, 1.807) is 0 Å². The maximum Gasteiger partial charge on any atom is 0.137 e. The van der Waals surface area contributed by atoms with Crippen LogP contribution in [0.15, 0.2) is 53.0 Å². The molecule has 0 bridgehead atoms. The second-order valence-electron chi connectivity index (χ2n) is 5.97. The lowest BCUT2D eigenvalue weighted by Crippen LogP contribution is -2.39. The molecule has 0 aliphatic heterocycles.